The van der Waals surface area contributed by atoms with Gasteiger partial charge in [-0.2, -0.15) is 0 Å². The second kappa shape index (κ2) is 11.3. The van der Waals surface area contributed by atoms with Crippen molar-refractivity contribution in [3.05, 3.63) is 46.2 Å². The molecule has 0 bridgehead atoms. The van der Waals surface area contributed by atoms with Crippen molar-refractivity contribution >= 4 is 41.3 Å². The van der Waals surface area contributed by atoms with Crippen LogP contribution in [0.15, 0.2) is 34.6 Å². The Morgan fingerprint density at radius 3 is 2.62 bits per heavy atom. The van der Waals surface area contributed by atoms with Gasteiger partial charge in [0.25, 0.3) is 0 Å². The van der Waals surface area contributed by atoms with E-state index in [0.29, 0.717) is 25.0 Å². The Morgan fingerprint density at radius 2 is 2.00 bits per heavy atom. The molecule has 1 aromatic carbocycles. The van der Waals surface area contributed by atoms with Gasteiger partial charge in [0.05, 0.1) is 18.8 Å². The quantitative estimate of drug-likeness (QED) is 0.347. The van der Waals surface area contributed by atoms with Crippen molar-refractivity contribution in [2.24, 2.45) is 4.99 Å². The van der Waals surface area contributed by atoms with Crippen LogP contribution in [0, 0.1) is 5.82 Å². The number of hydrogen-bond acceptors (Lipinski definition) is 4. The van der Waals surface area contributed by atoms with E-state index in [-0.39, 0.29) is 41.6 Å². The molecular formula is C18H26FIN4OS. The van der Waals surface area contributed by atoms with Gasteiger partial charge in [0.15, 0.2) is 17.5 Å². The zero-order valence-corrected chi connectivity index (χ0v) is 18.6. The molecule has 5 nitrogen and oxygen atoms in total. The lowest BCUT2D eigenvalue weighted by atomic mass is 10.2. The van der Waals surface area contributed by atoms with Crippen LogP contribution in [0.5, 0.6) is 5.75 Å². The lowest BCUT2D eigenvalue weighted by molar-refractivity contribution is 0.214. The second-order valence-electron chi connectivity index (χ2n) is 5.99. The highest BCUT2D eigenvalue weighted by molar-refractivity contribution is 14.0. The van der Waals surface area contributed by atoms with E-state index in [4.69, 9.17) is 4.74 Å². The van der Waals surface area contributed by atoms with Crippen molar-refractivity contribution in [1.82, 2.24) is 15.6 Å². The van der Waals surface area contributed by atoms with Crippen LogP contribution in [0.25, 0.3) is 0 Å². The van der Waals surface area contributed by atoms with Crippen LogP contribution < -0.4 is 15.4 Å². The topological polar surface area (TPSA) is 58.5 Å². The molecule has 2 N–H and O–H groups in total. The molecule has 0 aliphatic heterocycles. The first-order valence-electron chi connectivity index (χ1n) is 8.29. The van der Waals surface area contributed by atoms with Gasteiger partial charge in [-0.3, -0.25) is 4.99 Å². The molecule has 1 aromatic heterocycles. The van der Waals surface area contributed by atoms with Crippen LogP contribution in [0.2, 0.25) is 0 Å². The number of aliphatic imine (C=N–C) groups is 1. The minimum atomic E-state index is -0.360. The lowest BCUT2D eigenvalue weighted by Crippen LogP contribution is -2.41. The number of para-hydroxylation sites is 1. The second-order valence-corrected chi connectivity index (χ2v) is 6.93. The summed E-state index contributed by atoms with van der Waals surface area (Å²) in [5.74, 6) is 0.981. The summed E-state index contributed by atoms with van der Waals surface area (Å²) >= 11 is 1.64. The number of guanidine groups is 1. The minimum absolute atomic E-state index is 0. The summed E-state index contributed by atoms with van der Waals surface area (Å²) < 4.78 is 19.2. The van der Waals surface area contributed by atoms with Gasteiger partial charge >= 0.3 is 0 Å². The Labute approximate surface area is 175 Å². The molecule has 0 saturated heterocycles. The lowest BCUT2D eigenvalue weighted by Gasteiger charge is -2.17. The molecule has 2 rings (SSSR count). The summed E-state index contributed by atoms with van der Waals surface area (Å²) in [5.41, 5.74) is 1.11. The monoisotopic (exact) mass is 492 g/mol. The van der Waals surface area contributed by atoms with E-state index < -0.39 is 0 Å². The first kappa shape index (κ1) is 22.6. The van der Waals surface area contributed by atoms with Crippen molar-refractivity contribution in [3.63, 3.8) is 0 Å². The highest BCUT2D eigenvalue weighted by atomic mass is 127. The van der Waals surface area contributed by atoms with Crippen LogP contribution in [-0.2, 0) is 6.54 Å². The highest BCUT2D eigenvalue weighted by Crippen LogP contribution is 2.18. The smallest absolute Gasteiger partial charge is 0.191 e. The standard InChI is InChI=1S/C18H25FN4OS.HI/c1-12(2)15-11-25-17(23-15)10-22-18(20-4)21-9-13(3)24-16-8-6-5-7-14(16)19;/h5-8,11-13H,9-10H2,1-4H3,(H2,20,21,22);1H. The molecule has 0 fully saturated rings. The van der Waals surface area contributed by atoms with Crippen molar-refractivity contribution in [1.29, 1.82) is 0 Å². The summed E-state index contributed by atoms with van der Waals surface area (Å²) in [6.45, 7) is 7.25. The number of aromatic nitrogens is 1. The average molecular weight is 492 g/mol. The number of benzene rings is 1. The number of ether oxygens (including phenoxy) is 1. The molecule has 1 atom stereocenters. The maximum Gasteiger partial charge on any atom is 0.191 e. The third-order valence-corrected chi connectivity index (χ3v) is 4.38. The SMILES string of the molecule is CN=C(NCc1nc(C(C)C)cs1)NCC(C)Oc1ccccc1F.I. The number of hydrogen-bond donors (Lipinski definition) is 2. The number of nitrogens with zero attached hydrogens (tertiary/aromatic N) is 2. The summed E-state index contributed by atoms with van der Waals surface area (Å²) in [6.07, 6.45) is -0.206. The molecule has 1 unspecified atom stereocenters. The van der Waals surface area contributed by atoms with E-state index in [9.17, 15) is 4.39 Å². The first-order valence-corrected chi connectivity index (χ1v) is 9.17. The predicted molar refractivity (Wildman–Crippen MR) is 116 cm³/mol. The average Bonchev–Trinajstić information content (AvgIpc) is 3.06. The van der Waals surface area contributed by atoms with E-state index in [1.54, 1.807) is 36.6 Å². The molecular weight excluding hydrogens is 466 g/mol. The van der Waals surface area contributed by atoms with Crippen LogP contribution in [-0.4, -0.2) is 30.6 Å². The molecule has 0 radical (unpaired) electrons. The molecule has 0 saturated carbocycles. The van der Waals surface area contributed by atoms with Crippen molar-refractivity contribution in [2.45, 2.75) is 39.3 Å². The van der Waals surface area contributed by atoms with Crippen LogP contribution in [0.3, 0.4) is 0 Å². The Kier molecular flexibility index (Phi) is 9.85. The Morgan fingerprint density at radius 1 is 1.27 bits per heavy atom. The fourth-order valence-corrected chi connectivity index (χ4v) is 2.99. The zero-order chi connectivity index (χ0) is 18.2. The van der Waals surface area contributed by atoms with Gasteiger partial charge in [-0.25, -0.2) is 9.37 Å². The number of nitrogens with one attached hydrogen (secondary N) is 2. The van der Waals surface area contributed by atoms with E-state index in [2.05, 4.69) is 39.8 Å². The van der Waals surface area contributed by atoms with Gasteiger partial charge in [-0.05, 0) is 25.0 Å². The van der Waals surface area contributed by atoms with Crippen molar-refractivity contribution < 1.29 is 9.13 Å². The Hall–Kier alpha value is -1.42. The summed E-state index contributed by atoms with van der Waals surface area (Å²) in [4.78, 5) is 8.77. The Bertz CT molecular complexity index is 708. The van der Waals surface area contributed by atoms with E-state index in [1.165, 1.54) is 6.07 Å². The normalized spacial score (nSPS) is 12.5. The maximum absolute atomic E-state index is 13.6. The molecule has 8 heteroatoms. The Balaban J connectivity index is 0.00000338. The highest BCUT2D eigenvalue weighted by Gasteiger charge is 2.10. The molecule has 0 aliphatic rings. The van der Waals surface area contributed by atoms with E-state index in [0.717, 1.165) is 10.7 Å². The molecule has 144 valence electrons. The van der Waals surface area contributed by atoms with Crippen molar-refractivity contribution in [3.8, 4) is 5.75 Å². The molecule has 2 aromatic rings. The van der Waals surface area contributed by atoms with Gasteiger partial charge in [0.2, 0.25) is 0 Å². The number of halogens is 2. The van der Waals surface area contributed by atoms with Crippen LogP contribution in [0.4, 0.5) is 4.39 Å². The minimum Gasteiger partial charge on any atom is -0.486 e. The summed E-state index contributed by atoms with van der Waals surface area (Å²) in [7, 11) is 1.71. The zero-order valence-electron chi connectivity index (χ0n) is 15.5. The van der Waals surface area contributed by atoms with Gasteiger partial charge < -0.3 is 15.4 Å². The van der Waals surface area contributed by atoms with E-state index in [1.807, 2.05) is 6.92 Å². The van der Waals surface area contributed by atoms with Crippen molar-refractivity contribution in [2.75, 3.05) is 13.6 Å². The number of thiazole rings is 1. The fourth-order valence-electron chi connectivity index (χ4n) is 2.09. The molecule has 1 heterocycles. The summed E-state index contributed by atoms with van der Waals surface area (Å²) in [5, 5.41) is 9.50. The van der Waals surface area contributed by atoms with Gasteiger partial charge in [0, 0.05) is 12.4 Å². The molecule has 0 spiro atoms. The van der Waals surface area contributed by atoms with Crippen LogP contribution in [0.1, 0.15) is 37.4 Å². The molecule has 0 amide bonds. The van der Waals surface area contributed by atoms with E-state index >= 15 is 0 Å². The largest absolute Gasteiger partial charge is 0.486 e. The van der Waals surface area contributed by atoms with Crippen LogP contribution >= 0.6 is 35.3 Å². The first-order chi connectivity index (χ1) is 12.0. The van der Waals surface area contributed by atoms with Gasteiger partial charge in [0.1, 0.15) is 11.1 Å². The summed E-state index contributed by atoms with van der Waals surface area (Å²) in [6, 6.07) is 6.39. The number of rotatable bonds is 7. The van der Waals surface area contributed by atoms with Gasteiger partial charge in [-0.15, -0.1) is 35.3 Å². The third kappa shape index (κ3) is 7.06. The molecule has 0 aliphatic carbocycles. The molecule has 26 heavy (non-hydrogen) atoms. The third-order valence-electron chi connectivity index (χ3n) is 3.51. The van der Waals surface area contributed by atoms with Gasteiger partial charge in [-0.1, -0.05) is 26.0 Å². The predicted octanol–water partition coefficient (Wildman–Crippen LogP) is 4.16. The maximum atomic E-state index is 13.6. The fraction of sp³-hybridized carbons (Fsp3) is 0.444.